The van der Waals surface area contributed by atoms with Crippen molar-refractivity contribution >= 4 is 0 Å². The summed E-state index contributed by atoms with van der Waals surface area (Å²) in [5, 5.41) is 30.8. The maximum absolute atomic E-state index is 11.0. The Hall–Kier alpha value is -0.590. The molecular weight excluding hydrogens is 406 g/mol. The van der Waals surface area contributed by atoms with Gasteiger partial charge in [-0.05, 0) is 130 Å². The summed E-state index contributed by atoms with van der Waals surface area (Å²) in [5.41, 5.74) is 0.486. The Morgan fingerprint density at radius 2 is 1.67 bits per heavy atom. The van der Waals surface area contributed by atoms with E-state index in [0.29, 0.717) is 22.7 Å². The van der Waals surface area contributed by atoms with Gasteiger partial charge >= 0.3 is 0 Å². The molecule has 3 nitrogen and oxygen atoms in total. The van der Waals surface area contributed by atoms with Crippen LogP contribution < -0.4 is 0 Å². The van der Waals surface area contributed by atoms with Gasteiger partial charge in [0.05, 0.1) is 23.7 Å². The molecule has 0 spiro atoms. The smallest absolute Gasteiger partial charge is 0.0720 e. The van der Waals surface area contributed by atoms with Crippen molar-refractivity contribution in [3.05, 3.63) is 0 Å². The minimum absolute atomic E-state index is 0.212. The van der Waals surface area contributed by atoms with Crippen LogP contribution in [0.3, 0.4) is 0 Å². The molecule has 0 aromatic rings. The van der Waals surface area contributed by atoms with E-state index in [9.17, 15) is 15.5 Å². The number of aliphatic hydroxyl groups excluding tert-OH is 1. The number of nitrogens with zero attached hydrogens (tertiary/aromatic N) is 1. The second-order valence-electron chi connectivity index (χ2n) is 13.4. The van der Waals surface area contributed by atoms with Gasteiger partial charge < -0.3 is 10.2 Å². The van der Waals surface area contributed by atoms with Crippen LogP contribution in [0.2, 0.25) is 0 Å². The quantitative estimate of drug-likeness (QED) is 0.428. The van der Waals surface area contributed by atoms with E-state index in [1.165, 1.54) is 44.9 Å². The zero-order chi connectivity index (χ0) is 24.0. The fourth-order valence-electron chi connectivity index (χ4n) is 9.90. The molecule has 4 rings (SSSR count). The van der Waals surface area contributed by atoms with Gasteiger partial charge in [0.1, 0.15) is 0 Å². The second-order valence-corrected chi connectivity index (χ2v) is 13.4. The fourth-order valence-corrected chi connectivity index (χ4v) is 9.90. The standard InChI is InChI=1S/C30H51NO2/c1-6-21(19-31)27(32)13-8-20(3)24-11-12-25-23-10-9-22-18-30(33,7-2)17-16-28(22,4)26(23)14-15-29(24,25)5/h20-27,32-33H,6-18H2,1-5H3/t20-,21?,22+,23+,24-,25+,26+,27?,28+,29-,30+/m1/s1. The van der Waals surface area contributed by atoms with Gasteiger partial charge in [0, 0.05) is 0 Å². The maximum Gasteiger partial charge on any atom is 0.0720 e. The van der Waals surface area contributed by atoms with Crippen LogP contribution in [0.25, 0.3) is 0 Å². The summed E-state index contributed by atoms with van der Waals surface area (Å²) in [6.07, 6.45) is 14.5. The third kappa shape index (κ3) is 4.31. The minimum Gasteiger partial charge on any atom is -0.392 e. The van der Waals surface area contributed by atoms with E-state index in [2.05, 4.69) is 33.8 Å². The largest absolute Gasteiger partial charge is 0.392 e. The number of hydrogen-bond donors (Lipinski definition) is 2. The Kier molecular flexibility index (Phi) is 7.31. The van der Waals surface area contributed by atoms with Crippen LogP contribution in [0.4, 0.5) is 0 Å². The van der Waals surface area contributed by atoms with E-state index < -0.39 is 11.7 Å². The summed E-state index contributed by atoms with van der Waals surface area (Å²) < 4.78 is 0. The molecule has 0 amide bonds. The van der Waals surface area contributed by atoms with Crippen molar-refractivity contribution in [2.45, 2.75) is 130 Å². The fraction of sp³-hybridized carbons (Fsp3) is 0.967. The molecule has 0 heterocycles. The van der Waals surface area contributed by atoms with Crippen molar-refractivity contribution in [3.63, 3.8) is 0 Å². The van der Waals surface area contributed by atoms with Crippen molar-refractivity contribution in [1.29, 1.82) is 5.26 Å². The van der Waals surface area contributed by atoms with Crippen LogP contribution in [0.1, 0.15) is 118 Å². The van der Waals surface area contributed by atoms with E-state index in [1.807, 2.05) is 6.92 Å². The van der Waals surface area contributed by atoms with Crippen molar-refractivity contribution in [1.82, 2.24) is 0 Å². The van der Waals surface area contributed by atoms with Crippen molar-refractivity contribution < 1.29 is 10.2 Å². The van der Waals surface area contributed by atoms with E-state index in [1.54, 1.807) is 0 Å². The Balaban J connectivity index is 1.43. The molecule has 0 radical (unpaired) electrons. The minimum atomic E-state index is -0.466. The second kappa shape index (κ2) is 9.46. The molecule has 188 valence electrons. The average molecular weight is 458 g/mol. The first-order valence-electron chi connectivity index (χ1n) is 14.4. The molecule has 4 fully saturated rings. The molecule has 4 aliphatic rings. The first-order valence-corrected chi connectivity index (χ1v) is 14.4. The SMILES string of the molecule is CCC(C#N)C(O)CC[C@@H](C)[C@H]1CC[C@H]2[C@@H]3CC[C@H]4C[C@](O)(CC)CC[C@]4(C)[C@H]3CC[C@]12C. The molecule has 2 N–H and O–H groups in total. The van der Waals surface area contributed by atoms with Gasteiger partial charge in [-0.2, -0.15) is 5.26 Å². The molecule has 0 aromatic heterocycles. The molecule has 0 bridgehead atoms. The number of rotatable bonds is 7. The third-order valence-electron chi connectivity index (χ3n) is 12.2. The average Bonchev–Trinajstić information content (AvgIpc) is 3.16. The molecule has 4 saturated carbocycles. The predicted octanol–water partition coefficient (Wildman–Crippen LogP) is 7.11. The topological polar surface area (TPSA) is 64.2 Å². The Morgan fingerprint density at radius 3 is 2.33 bits per heavy atom. The summed E-state index contributed by atoms with van der Waals surface area (Å²) in [5.74, 6) is 4.49. The van der Waals surface area contributed by atoms with E-state index >= 15 is 0 Å². The summed E-state index contributed by atoms with van der Waals surface area (Å²) in [6, 6.07) is 2.30. The summed E-state index contributed by atoms with van der Waals surface area (Å²) >= 11 is 0. The lowest BCUT2D eigenvalue weighted by molar-refractivity contribution is -0.152. The van der Waals surface area contributed by atoms with Crippen molar-refractivity contribution in [2.75, 3.05) is 0 Å². The van der Waals surface area contributed by atoms with Crippen LogP contribution in [0.5, 0.6) is 0 Å². The lowest BCUT2D eigenvalue weighted by Gasteiger charge is -2.62. The van der Waals surface area contributed by atoms with Crippen LogP contribution >= 0.6 is 0 Å². The van der Waals surface area contributed by atoms with Gasteiger partial charge in [-0.25, -0.2) is 0 Å². The molecule has 3 heteroatoms. The molecule has 0 aliphatic heterocycles. The first-order chi connectivity index (χ1) is 15.6. The van der Waals surface area contributed by atoms with Gasteiger partial charge in [0.2, 0.25) is 0 Å². The lowest BCUT2D eigenvalue weighted by Crippen LogP contribution is -2.56. The highest BCUT2D eigenvalue weighted by atomic mass is 16.3. The van der Waals surface area contributed by atoms with Crippen LogP contribution in [-0.4, -0.2) is 21.9 Å². The molecule has 11 atom stereocenters. The van der Waals surface area contributed by atoms with Gasteiger partial charge in [-0.15, -0.1) is 0 Å². The Morgan fingerprint density at radius 1 is 0.939 bits per heavy atom. The van der Waals surface area contributed by atoms with Gasteiger partial charge in [0.15, 0.2) is 0 Å². The molecule has 0 saturated heterocycles. The highest BCUT2D eigenvalue weighted by molar-refractivity contribution is 5.11. The number of hydrogen-bond acceptors (Lipinski definition) is 3. The molecule has 0 aromatic carbocycles. The van der Waals surface area contributed by atoms with Gasteiger partial charge in [0.25, 0.3) is 0 Å². The van der Waals surface area contributed by atoms with E-state index in [0.717, 1.165) is 62.2 Å². The van der Waals surface area contributed by atoms with Crippen molar-refractivity contribution in [3.8, 4) is 6.07 Å². The highest BCUT2D eigenvalue weighted by Gasteiger charge is 2.61. The maximum atomic E-state index is 11.0. The summed E-state index contributed by atoms with van der Waals surface area (Å²) in [4.78, 5) is 0. The number of aliphatic hydroxyl groups is 2. The number of nitriles is 1. The van der Waals surface area contributed by atoms with Crippen LogP contribution in [0, 0.1) is 63.6 Å². The summed E-state index contributed by atoms with van der Waals surface area (Å²) in [7, 11) is 0. The highest BCUT2D eigenvalue weighted by Crippen LogP contribution is 2.69. The van der Waals surface area contributed by atoms with E-state index in [-0.39, 0.29) is 5.92 Å². The number of fused-ring (bicyclic) bond motifs is 5. The predicted molar refractivity (Wildman–Crippen MR) is 134 cm³/mol. The Labute approximate surface area is 203 Å². The molecule has 33 heavy (non-hydrogen) atoms. The Bertz CT molecular complexity index is 731. The molecular formula is C30H51NO2. The zero-order valence-electron chi connectivity index (χ0n) is 22.2. The van der Waals surface area contributed by atoms with Gasteiger partial charge in [-0.1, -0.05) is 34.6 Å². The normalized spacial score (nSPS) is 47.5. The van der Waals surface area contributed by atoms with Gasteiger partial charge in [-0.3, -0.25) is 0 Å². The third-order valence-corrected chi connectivity index (χ3v) is 12.2. The molecule has 2 unspecified atom stereocenters. The molecule has 4 aliphatic carbocycles. The first kappa shape index (κ1) is 25.5. The summed E-state index contributed by atoms with van der Waals surface area (Å²) in [6.45, 7) is 11.8. The van der Waals surface area contributed by atoms with Crippen LogP contribution in [-0.2, 0) is 0 Å². The monoisotopic (exact) mass is 457 g/mol. The van der Waals surface area contributed by atoms with E-state index in [4.69, 9.17) is 0 Å². The lowest BCUT2D eigenvalue weighted by atomic mass is 9.43. The zero-order valence-corrected chi connectivity index (χ0v) is 22.2. The van der Waals surface area contributed by atoms with Crippen molar-refractivity contribution in [2.24, 2.45) is 52.3 Å². The van der Waals surface area contributed by atoms with Crippen LogP contribution in [0.15, 0.2) is 0 Å².